The third-order valence-corrected chi connectivity index (χ3v) is 4.78. The maximum absolute atomic E-state index is 12.4. The number of hydrogen-bond acceptors (Lipinski definition) is 2. The van der Waals surface area contributed by atoms with Crippen molar-refractivity contribution >= 4 is 11.6 Å². The predicted molar refractivity (Wildman–Crippen MR) is 80.7 cm³/mol. The van der Waals surface area contributed by atoms with E-state index in [9.17, 15) is 4.79 Å². The Morgan fingerprint density at radius 3 is 2.76 bits per heavy atom. The Morgan fingerprint density at radius 1 is 1.19 bits per heavy atom. The zero-order valence-electron chi connectivity index (χ0n) is 11.9. The van der Waals surface area contributed by atoms with Crippen LogP contribution in [0, 0.1) is 17.8 Å². The van der Waals surface area contributed by atoms with E-state index in [1.807, 2.05) is 41.2 Å². The number of nitrogens with one attached hydrogen (secondary N) is 1. The maximum Gasteiger partial charge on any atom is 0.227 e. The predicted octanol–water partition coefficient (Wildman–Crippen LogP) is 2.92. The van der Waals surface area contributed by atoms with Crippen LogP contribution in [0.25, 0.3) is 0 Å². The van der Waals surface area contributed by atoms with Gasteiger partial charge in [0, 0.05) is 24.0 Å². The molecular formula is C17H19N3O. The van der Waals surface area contributed by atoms with Gasteiger partial charge in [-0.3, -0.25) is 9.48 Å². The van der Waals surface area contributed by atoms with E-state index < -0.39 is 0 Å². The highest BCUT2D eigenvalue weighted by molar-refractivity contribution is 5.93. The zero-order chi connectivity index (χ0) is 14.2. The quantitative estimate of drug-likeness (QED) is 0.936. The molecule has 0 saturated heterocycles. The van der Waals surface area contributed by atoms with Crippen LogP contribution in [0.3, 0.4) is 0 Å². The van der Waals surface area contributed by atoms with Crippen LogP contribution < -0.4 is 5.32 Å². The fraction of sp³-hybridized carbons (Fsp3) is 0.412. The number of hydrogen-bond donors (Lipinski definition) is 1. The molecule has 2 saturated carbocycles. The lowest BCUT2D eigenvalue weighted by atomic mass is 10.0. The Kier molecular flexibility index (Phi) is 3.02. The first kappa shape index (κ1) is 12.6. The summed E-state index contributed by atoms with van der Waals surface area (Å²) >= 11 is 0. The van der Waals surface area contributed by atoms with E-state index >= 15 is 0 Å². The number of anilines is 1. The maximum atomic E-state index is 12.4. The van der Waals surface area contributed by atoms with Crippen molar-refractivity contribution in [2.24, 2.45) is 17.8 Å². The highest BCUT2D eigenvalue weighted by Crippen LogP contribution is 2.54. The van der Waals surface area contributed by atoms with Gasteiger partial charge in [-0.15, -0.1) is 0 Å². The lowest BCUT2D eigenvalue weighted by molar-refractivity contribution is -0.120. The van der Waals surface area contributed by atoms with E-state index in [0.717, 1.165) is 35.9 Å². The molecule has 1 aromatic carbocycles. The van der Waals surface area contributed by atoms with Crippen molar-refractivity contribution in [3.8, 4) is 0 Å². The molecule has 4 nitrogen and oxygen atoms in total. The lowest BCUT2D eigenvalue weighted by Crippen LogP contribution is -2.22. The molecule has 2 fully saturated rings. The molecule has 0 spiro atoms. The van der Waals surface area contributed by atoms with Crippen LogP contribution in [0.4, 0.5) is 5.69 Å². The summed E-state index contributed by atoms with van der Waals surface area (Å²) < 4.78 is 1.87. The Bertz CT molecular complexity index is 640. The minimum atomic E-state index is 0.190. The van der Waals surface area contributed by atoms with Crippen LogP contribution in [-0.2, 0) is 11.3 Å². The van der Waals surface area contributed by atoms with E-state index in [2.05, 4.69) is 10.4 Å². The molecule has 2 aliphatic carbocycles. The Morgan fingerprint density at radius 2 is 2.00 bits per heavy atom. The summed E-state index contributed by atoms with van der Waals surface area (Å²) in [6, 6.07) is 9.90. The van der Waals surface area contributed by atoms with Gasteiger partial charge in [0.15, 0.2) is 0 Å². The molecule has 2 aromatic rings. The van der Waals surface area contributed by atoms with Crippen LogP contribution in [0.5, 0.6) is 0 Å². The summed E-state index contributed by atoms with van der Waals surface area (Å²) in [6.07, 6.45) is 7.21. The Hall–Kier alpha value is -2.10. The van der Waals surface area contributed by atoms with Gasteiger partial charge in [0.2, 0.25) is 5.91 Å². The standard InChI is InChI=1S/C17H19N3O/c21-17(15-9-13-8-14(13)10-15)19-16-5-2-1-4-12(16)11-20-7-3-6-18-20/h1-7,13-15H,8-11H2,(H,19,21). The average Bonchev–Trinajstić information content (AvgIpc) is 2.92. The molecule has 1 heterocycles. The van der Waals surface area contributed by atoms with E-state index in [1.54, 1.807) is 6.20 Å². The van der Waals surface area contributed by atoms with Crippen molar-refractivity contribution in [1.82, 2.24) is 9.78 Å². The molecule has 2 aliphatic rings. The molecule has 0 radical (unpaired) electrons. The number of fused-ring (bicyclic) bond motifs is 1. The highest BCUT2D eigenvalue weighted by atomic mass is 16.1. The summed E-state index contributed by atoms with van der Waals surface area (Å²) in [5, 5.41) is 7.35. The summed E-state index contributed by atoms with van der Waals surface area (Å²) in [4.78, 5) is 12.4. The van der Waals surface area contributed by atoms with E-state index in [1.165, 1.54) is 6.42 Å². The first-order valence-electron chi connectivity index (χ1n) is 7.66. The molecule has 1 aromatic heterocycles. The minimum Gasteiger partial charge on any atom is -0.326 e. The van der Waals surface area contributed by atoms with Gasteiger partial charge in [0.05, 0.1) is 6.54 Å². The van der Waals surface area contributed by atoms with Gasteiger partial charge in [-0.1, -0.05) is 18.2 Å². The van der Waals surface area contributed by atoms with Crippen molar-refractivity contribution in [3.05, 3.63) is 48.3 Å². The normalized spacial score (nSPS) is 26.4. The number of carbonyl (C=O) groups is 1. The van der Waals surface area contributed by atoms with Crippen molar-refractivity contribution in [3.63, 3.8) is 0 Å². The molecule has 1 N–H and O–H groups in total. The third kappa shape index (κ3) is 2.58. The van der Waals surface area contributed by atoms with Gasteiger partial charge >= 0.3 is 0 Å². The fourth-order valence-electron chi connectivity index (χ4n) is 3.51. The fourth-order valence-corrected chi connectivity index (χ4v) is 3.51. The summed E-state index contributed by atoms with van der Waals surface area (Å²) in [5.41, 5.74) is 2.01. The van der Waals surface area contributed by atoms with Crippen molar-refractivity contribution < 1.29 is 4.79 Å². The second-order valence-corrected chi connectivity index (χ2v) is 6.27. The molecule has 21 heavy (non-hydrogen) atoms. The first-order valence-corrected chi connectivity index (χ1v) is 7.66. The smallest absolute Gasteiger partial charge is 0.227 e. The average molecular weight is 281 g/mol. The molecule has 108 valence electrons. The number of nitrogens with zero attached hydrogens (tertiary/aromatic N) is 2. The summed E-state index contributed by atoms with van der Waals surface area (Å²) in [5.74, 6) is 2.07. The van der Waals surface area contributed by atoms with Crippen LogP contribution in [0.1, 0.15) is 24.8 Å². The van der Waals surface area contributed by atoms with Gasteiger partial charge in [-0.05, 0) is 48.8 Å². The summed E-state index contributed by atoms with van der Waals surface area (Å²) in [6.45, 7) is 0.680. The zero-order valence-corrected chi connectivity index (χ0v) is 11.9. The van der Waals surface area contributed by atoms with Crippen LogP contribution in [-0.4, -0.2) is 15.7 Å². The largest absolute Gasteiger partial charge is 0.326 e. The molecule has 1 amide bonds. The van der Waals surface area contributed by atoms with Crippen molar-refractivity contribution in [2.75, 3.05) is 5.32 Å². The van der Waals surface area contributed by atoms with Crippen molar-refractivity contribution in [2.45, 2.75) is 25.8 Å². The number of para-hydroxylation sites is 1. The molecular weight excluding hydrogens is 262 g/mol. The molecule has 4 rings (SSSR count). The van der Waals surface area contributed by atoms with Crippen LogP contribution in [0.2, 0.25) is 0 Å². The molecule has 4 heteroatoms. The minimum absolute atomic E-state index is 0.190. The second kappa shape index (κ2) is 5.02. The van der Waals surface area contributed by atoms with E-state index in [4.69, 9.17) is 0 Å². The van der Waals surface area contributed by atoms with Crippen LogP contribution >= 0.6 is 0 Å². The molecule has 0 bridgehead atoms. The van der Waals surface area contributed by atoms with E-state index in [0.29, 0.717) is 6.54 Å². The monoisotopic (exact) mass is 281 g/mol. The molecule has 0 aliphatic heterocycles. The number of carbonyl (C=O) groups excluding carboxylic acids is 1. The summed E-state index contributed by atoms with van der Waals surface area (Å²) in [7, 11) is 0. The Labute approximate surface area is 124 Å². The van der Waals surface area contributed by atoms with Gasteiger partial charge < -0.3 is 5.32 Å². The number of aromatic nitrogens is 2. The van der Waals surface area contributed by atoms with Gasteiger partial charge in [-0.25, -0.2) is 0 Å². The third-order valence-electron chi connectivity index (χ3n) is 4.78. The van der Waals surface area contributed by atoms with Gasteiger partial charge in [-0.2, -0.15) is 5.10 Å². The first-order chi connectivity index (χ1) is 10.3. The molecule has 2 atom stereocenters. The van der Waals surface area contributed by atoms with Gasteiger partial charge in [0.25, 0.3) is 0 Å². The van der Waals surface area contributed by atoms with E-state index in [-0.39, 0.29) is 11.8 Å². The number of rotatable bonds is 4. The Balaban J connectivity index is 1.48. The highest BCUT2D eigenvalue weighted by Gasteiger charge is 2.48. The van der Waals surface area contributed by atoms with Crippen molar-refractivity contribution in [1.29, 1.82) is 0 Å². The lowest BCUT2D eigenvalue weighted by Gasteiger charge is -2.15. The van der Waals surface area contributed by atoms with Crippen LogP contribution in [0.15, 0.2) is 42.7 Å². The topological polar surface area (TPSA) is 46.9 Å². The SMILES string of the molecule is O=C(Nc1ccccc1Cn1cccn1)C1CC2CC2C1. The van der Waals surface area contributed by atoms with Gasteiger partial charge in [0.1, 0.15) is 0 Å². The number of amides is 1. The number of benzene rings is 1. The second-order valence-electron chi connectivity index (χ2n) is 6.27. The molecule has 2 unspecified atom stereocenters.